The SMILES string of the molecule is CCOC(C(=O)O)[N+](C)(C)C. The zero-order chi connectivity index (χ0) is 9.07. The molecule has 0 aromatic heterocycles. The highest BCUT2D eigenvalue weighted by molar-refractivity contribution is 5.70. The topological polar surface area (TPSA) is 46.5 Å². The van der Waals surface area contributed by atoms with Crippen LogP contribution in [0.3, 0.4) is 0 Å². The molecule has 0 aliphatic heterocycles. The minimum atomic E-state index is -0.917. The highest BCUT2D eigenvalue weighted by Crippen LogP contribution is 2.04. The van der Waals surface area contributed by atoms with E-state index in [0.29, 0.717) is 6.61 Å². The first kappa shape index (κ1) is 10.4. The van der Waals surface area contributed by atoms with Gasteiger partial charge in [-0.15, -0.1) is 0 Å². The molecule has 0 saturated heterocycles. The first-order chi connectivity index (χ1) is 4.89. The summed E-state index contributed by atoms with van der Waals surface area (Å²) in [7, 11) is 5.36. The van der Waals surface area contributed by atoms with Gasteiger partial charge in [0.15, 0.2) is 0 Å². The van der Waals surface area contributed by atoms with Crippen molar-refractivity contribution in [2.24, 2.45) is 0 Å². The van der Waals surface area contributed by atoms with Gasteiger partial charge < -0.3 is 9.84 Å². The molecule has 0 bridgehead atoms. The molecular weight excluding hydrogens is 146 g/mol. The van der Waals surface area contributed by atoms with Crippen LogP contribution in [0.4, 0.5) is 0 Å². The van der Waals surface area contributed by atoms with E-state index in [2.05, 4.69) is 0 Å². The van der Waals surface area contributed by atoms with Gasteiger partial charge in [0, 0.05) is 0 Å². The van der Waals surface area contributed by atoms with Crippen molar-refractivity contribution in [3.05, 3.63) is 0 Å². The maximum Gasteiger partial charge on any atom is 0.392 e. The van der Waals surface area contributed by atoms with Crippen molar-refractivity contribution in [2.45, 2.75) is 13.2 Å². The molecule has 0 heterocycles. The minimum absolute atomic E-state index is 0.281. The molecule has 0 saturated carbocycles. The smallest absolute Gasteiger partial charge is 0.392 e. The Labute approximate surface area is 67.0 Å². The quantitative estimate of drug-likeness (QED) is 0.472. The van der Waals surface area contributed by atoms with Gasteiger partial charge in [0.25, 0.3) is 6.23 Å². The van der Waals surface area contributed by atoms with E-state index in [1.807, 2.05) is 0 Å². The largest absolute Gasteiger partial charge is 0.475 e. The fourth-order valence-corrected chi connectivity index (χ4v) is 0.784. The second-order valence-corrected chi connectivity index (χ2v) is 3.26. The first-order valence-corrected chi connectivity index (χ1v) is 3.55. The van der Waals surface area contributed by atoms with E-state index in [1.165, 1.54) is 0 Å². The molecule has 0 rings (SSSR count). The fraction of sp³-hybridized carbons (Fsp3) is 0.857. The van der Waals surface area contributed by atoms with Crippen molar-refractivity contribution in [3.8, 4) is 0 Å². The number of carboxylic acids is 1. The normalized spacial score (nSPS) is 14.5. The van der Waals surface area contributed by atoms with Crippen molar-refractivity contribution in [1.82, 2.24) is 0 Å². The van der Waals surface area contributed by atoms with Crippen molar-refractivity contribution in [1.29, 1.82) is 0 Å². The lowest BCUT2D eigenvalue weighted by Crippen LogP contribution is -2.51. The number of aliphatic carboxylic acids is 1. The summed E-state index contributed by atoms with van der Waals surface area (Å²) in [5.41, 5.74) is 0. The first-order valence-electron chi connectivity index (χ1n) is 3.55. The standard InChI is InChI=1S/C7H15NO3/c1-5-11-6(7(9)10)8(2,3)4/h6H,5H2,1-4H3/p+1. The molecule has 1 atom stereocenters. The van der Waals surface area contributed by atoms with Gasteiger partial charge in [-0.25, -0.2) is 4.79 Å². The Morgan fingerprint density at radius 1 is 1.55 bits per heavy atom. The Kier molecular flexibility index (Phi) is 3.48. The highest BCUT2D eigenvalue weighted by atomic mass is 16.5. The van der Waals surface area contributed by atoms with Gasteiger partial charge in [0.05, 0.1) is 27.7 Å². The molecule has 66 valence electrons. The molecule has 0 amide bonds. The lowest BCUT2D eigenvalue weighted by molar-refractivity contribution is -0.909. The second kappa shape index (κ2) is 3.69. The van der Waals surface area contributed by atoms with Crippen molar-refractivity contribution < 1.29 is 19.1 Å². The van der Waals surface area contributed by atoms with Crippen LogP contribution in [0.5, 0.6) is 0 Å². The number of quaternary nitrogens is 1. The number of ether oxygens (including phenoxy) is 1. The summed E-state index contributed by atoms with van der Waals surface area (Å²) in [6, 6.07) is 0. The molecule has 0 aromatic carbocycles. The van der Waals surface area contributed by atoms with Gasteiger partial charge in [-0.3, -0.25) is 4.48 Å². The van der Waals surface area contributed by atoms with E-state index in [4.69, 9.17) is 9.84 Å². The van der Waals surface area contributed by atoms with E-state index in [-0.39, 0.29) is 4.48 Å². The molecule has 0 aliphatic carbocycles. The van der Waals surface area contributed by atoms with E-state index in [9.17, 15) is 4.79 Å². The van der Waals surface area contributed by atoms with Crippen molar-refractivity contribution in [2.75, 3.05) is 27.7 Å². The molecule has 0 fully saturated rings. The monoisotopic (exact) mass is 162 g/mol. The van der Waals surface area contributed by atoms with E-state index < -0.39 is 12.2 Å². The molecule has 4 nitrogen and oxygen atoms in total. The lowest BCUT2D eigenvalue weighted by atomic mass is 10.4. The van der Waals surface area contributed by atoms with E-state index in [1.54, 1.807) is 28.1 Å². The number of carbonyl (C=O) groups is 1. The average Bonchev–Trinajstić information content (AvgIpc) is 1.79. The summed E-state index contributed by atoms with van der Waals surface area (Å²) in [6.45, 7) is 2.21. The summed E-state index contributed by atoms with van der Waals surface area (Å²) < 4.78 is 5.32. The number of nitrogens with zero attached hydrogens (tertiary/aromatic N) is 1. The van der Waals surface area contributed by atoms with Gasteiger partial charge in [-0.05, 0) is 6.92 Å². The minimum Gasteiger partial charge on any atom is -0.475 e. The Hall–Kier alpha value is -0.610. The predicted octanol–water partition coefficient (Wildman–Crippen LogP) is 0.140. The molecule has 4 heteroatoms. The highest BCUT2D eigenvalue weighted by Gasteiger charge is 2.31. The van der Waals surface area contributed by atoms with Crippen LogP contribution in [0.1, 0.15) is 6.92 Å². The van der Waals surface area contributed by atoms with Crippen LogP contribution in [0.15, 0.2) is 0 Å². The molecule has 0 aliphatic rings. The van der Waals surface area contributed by atoms with Crippen LogP contribution in [-0.2, 0) is 9.53 Å². The molecule has 1 unspecified atom stereocenters. The van der Waals surface area contributed by atoms with Gasteiger partial charge in [0.1, 0.15) is 0 Å². The third-order valence-electron chi connectivity index (χ3n) is 1.24. The van der Waals surface area contributed by atoms with Crippen molar-refractivity contribution >= 4 is 5.97 Å². The second-order valence-electron chi connectivity index (χ2n) is 3.26. The van der Waals surface area contributed by atoms with E-state index >= 15 is 0 Å². The summed E-state index contributed by atoms with van der Waals surface area (Å²) in [4.78, 5) is 10.6. The van der Waals surface area contributed by atoms with Gasteiger partial charge in [-0.1, -0.05) is 0 Å². The third-order valence-corrected chi connectivity index (χ3v) is 1.24. The summed E-state index contributed by atoms with van der Waals surface area (Å²) in [5.74, 6) is -0.917. The Bertz CT molecular complexity index is 139. The van der Waals surface area contributed by atoms with Gasteiger partial charge >= 0.3 is 5.97 Å². The number of carboxylic acid groups (broad SMARTS) is 1. The zero-order valence-electron chi connectivity index (χ0n) is 7.50. The summed E-state index contributed by atoms with van der Waals surface area (Å²) >= 11 is 0. The third kappa shape index (κ3) is 3.34. The number of rotatable bonds is 4. The van der Waals surface area contributed by atoms with Gasteiger partial charge in [-0.2, -0.15) is 0 Å². The summed E-state index contributed by atoms with van der Waals surface area (Å²) in [6.07, 6.45) is -0.764. The molecule has 11 heavy (non-hydrogen) atoms. The van der Waals surface area contributed by atoms with Crippen LogP contribution in [0.25, 0.3) is 0 Å². The van der Waals surface area contributed by atoms with Crippen LogP contribution in [0.2, 0.25) is 0 Å². The molecule has 0 radical (unpaired) electrons. The van der Waals surface area contributed by atoms with Crippen LogP contribution in [0, 0.1) is 0 Å². The Morgan fingerprint density at radius 3 is 2.09 bits per heavy atom. The number of likely N-dealkylation sites (N-methyl/N-ethyl adjacent to an activating group) is 1. The molecular formula is C7H16NO3+. The number of hydrogen-bond acceptors (Lipinski definition) is 2. The summed E-state index contributed by atoms with van der Waals surface area (Å²) in [5, 5.41) is 8.70. The fourth-order valence-electron chi connectivity index (χ4n) is 0.784. The van der Waals surface area contributed by atoms with Crippen LogP contribution < -0.4 is 0 Å². The van der Waals surface area contributed by atoms with Gasteiger partial charge in [0.2, 0.25) is 0 Å². The lowest BCUT2D eigenvalue weighted by Gasteiger charge is -2.29. The average molecular weight is 162 g/mol. The zero-order valence-corrected chi connectivity index (χ0v) is 7.50. The molecule has 0 aromatic rings. The molecule has 1 N–H and O–H groups in total. The number of hydrogen-bond donors (Lipinski definition) is 1. The van der Waals surface area contributed by atoms with Crippen molar-refractivity contribution in [3.63, 3.8) is 0 Å². The maximum absolute atomic E-state index is 10.6. The Balaban J connectivity index is 4.22. The van der Waals surface area contributed by atoms with E-state index in [0.717, 1.165) is 0 Å². The van der Waals surface area contributed by atoms with Crippen LogP contribution in [-0.4, -0.2) is 49.5 Å². The predicted molar refractivity (Wildman–Crippen MR) is 41.1 cm³/mol. The maximum atomic E-state index is 10.6. The Morgan fingerprint density at radius 2 is 2.00 bits per heavy atom. The molecule has 0 spiro atoms. The van der Waals surface area contributed by atoms with Crippen LogP contribution >= 0.6 is 0 Å².